The van der Waals surface area contributed by atoms with Crippen molar-refractivity contribution in [2.45, 2.75) is 20.0 Å². The van der Waals surface area contributed by atoms with Gasteiger partial charge in [0.15, 0.2) is 0 Å². The molecule has 4 rings (SSSR count). The first kappa shape index (κ1) is 18.4. The summed E-state index contributed by atoms with van der Waals surface area (Å²) in [5.41, 5.74) is 10.3. The van der Waals surface area contributed by atoms with Crippen molar-refractivity contribution in [1.82, 2.24) is 9.55 Å². The molecule has 140 valence electrons. The zero-order chi connectivity index (χ0) is 19.7. The lowest BCUT2D eigenvalue weighted by Gasteiger charge is -2.16. The van der Waals surface area contributed by atoms with Gasteiger partial charge in [0.2, 0.25) is 0 Å². The lowest BCUT2D eigenvalue weighted by Crippen LogP contribution is -2.24. The molecule has 2 N–H and O–H groups in total. The van der Waals surface area contributed by atoms with Crippen molar-refractivity contribution in [2.24, 2.45) is 5.73 Å². The minimum atomic E-state index is -0.0851. The molecule has 4 nitrogen and oxygen atoms in total. The molecular weight excluding hydrogens is 370 g/mol. The fourth-order valence-electron chi connectivity index (χ4n) is 3.41. The Morgan fingerprint density at radius 3 is 2.57 bits per heavy atom. The maximum absolute atomic E-state index is 13.4. The fourth-order valence-corrected chi connectivity index (χ4v) is 3.57. The highest BCUT2D eigenvalue weighted by Gasteiger charge is 2.15. The number of nitrogens with zero attached hydrogens (tertiary/aromatic N) is 2. The molecule has 0 aliphatic rings. The standard InChI is InChI=1S/C23H20ClN3O/c1-15-5-2-3-8-19(15)22-26-21-12-18(24)9-10-20(21)23(28)27(22)14-17-7-4-6-16(11-17)13-25/h2-12H,13-14,25H2,1H3. The highest BCUT2D eigenvalue weighted by molar-refractivity contribution is 6.31. The number of aromatic nitrogens is 2. The molecule has 3 aromatic carbocycles. The Balaban J connectivity index is 1.98. The lowest BCUT2D eigenvalue weighted by molar-refractivity contribution is 0.757. The van der Waals surface area contributed by atoms with Crippen LogP contribution >= 0.6 is 11.6 Å². The Bertz CT molecular complexity index is 1230. The van der Waals surface area contributed by atoms with Crippen molar-refractivity contribution in [3.63, 3.8) is 0 Å². The normalized spacial score (nSPS) is 11.1. The van der Waals surface area contributed by atoms with Gasteiger partial charge in [-0.1, -0.05) is 60.1 Å². The van der Waals surface area contributed by atoms with Gasteiger partial charge in [-0.2, -0.15) is 0 Å². The van der Waals surface area contributed by atoms with Gasteiger partial charge in [-0.25, -0.2) is 4.98 Å². The van der Waals surface area contributed by atoms with Crippen LogP contribution in [-0.4, -0.2) is 9.55 Å². The summed E-state index contributed by atoms with van der Waals surface area (Å²) in [5, 5.41) is 1.11. The number of halogens is 1. The van der Waals surface area contributed by atoms with Crippen LogP contribution in [0.2, 0.25) is 5.02 Å². The zero-order valence-corrected chi connectivity index (χ0v) is 16.3. The number of nitrogens with two attached hydrogens (primary N) is 1. The van der Waals surface area contributed by atoms with Gasteiger partial charge in [0.25, 0.3) is 5.56 Å². The number of fused-ring (bicyclic) bond motifs is 1. The molecule has 0 unspecified atom stereocenters. The lowest BCUT2D eigenvalue weighted by atomic mass is 10.1. The van der Waals surface area contributed by atoms with E-state index >= 15 is 0 Å². The predicted octanol–water partition coefficient (Wildman–Crippen LogP) is 4.53. The van der Waals surface area contributed by atoms with Gasteiger partial charge in [-0.15, -0.1) is 0 Å². The molecular formula is C23H20ClN3O. The summed E-state index contributed by atoms with van der Waals surface area (Å²) in [7, 11) is 0. The van der Waals surface area contributed by atoms with Crippen molar-refractivity contribution in [1.29, 1.82) is 0 Å². The van der Waals surface area contributed by atoms with Crippen LogP contribution < -0.4 is 11.3 Å². The van der Waals surface area contributed by atoms with Crippen LogP contribution in [0.5, 0.6) is 0 Å². The summed E-state index contributed by atoms with van der Waals surface area (Å²) < 4.78 is 1.73. The van der Waals surface area contributed by atoms with E-state index in [0.717, 1.165) is 22.3 Å². The maximum Gasteiger partial charge on any atom is 0.261 e. The molecule has 0 radical (unpaired) electrons. The van der Waals surface area contributed by atoms with Crippen LogP contribution in [0.15, 0.2) is 71.5 Å². The average molecular weight is 390 g/mol. The highest BCUT2D eigenvalue weighted by atomic mass is 35.5. The molecule has 0 fully saturated rings. The number of hydrogen-bond acceptors (Lipinski definition) is 3. The summed E-state index contributed by atoms with van der Waals surface area (Å²) in [6, 6.07) is 21.1. The number of rotatable bonds is 4. The monoisotopic (exact) mass is 389 g/mol. The molecule has 0 atom stereocenters. The predicted molar refractivity (Wildman–Crippen MR) is 115 cm³/mol. The molecule has 5 heteroatoms. The van der Waals surface area contributed by atoms with Crippen LogP contribution in [-0.2, 0) is 13.1 Å². The van der Waals surface area contributed by atoms with Crippen LogP contribution in [0.1, 0.15) is 16.7 Å². The van der Waals surface area contributed by atoms with E-state index in [2.05, 4.69) is 0 Å². The van der Waals surface area contributed by atoms with Crippen LogP contribution in [0.4, 0.5) is 0 Å². The third-order valence-corrected chi connectivity index (χ3v) is 5.11. The number of benzene rings is 3. The van der Waals surface area contributed by atoms with Gasteiger partial charge >= 0.3 is 0 Å². The Morgan fingerprint density at radius 1 is 1.00 bits per heavy atom. The smallest absolute Gasteiger partial charge is 0.261 e. The van der Waals surface area contributed by atoms with E-state index in [1.165, 1.54) is 0 Å². The molecule has 0 aliphatic heterocycles. The Morgan fingerprint density at radius 2 is 1.79 bits per heavy atom. The van der Waals surface area contributed by atoms with Gasteiger partial charge in [-0.05, 0) is 41.8 Å². The number of hydrogen-bond donors (Lipinski definition) is 1. The highest BCUT2D eigenvalue weighted by Crippen LogP contribution is 2.24. The van der Waals surface area contributed by atoms with Gasteiger partial charge < -0.3 is 5.73 Å². The largest absolute Gasteiger partial charge is 0.326 e. The molecule has 0 saturated heterocycles. The molecule has 28 heavy (non-hydrogen) atoms. The van der Waals surface area contributed by atoms with Crippen molar-refractivity contribution in [3.8, 4) is 11.4 Å². The number of aryl methyl sites for hydroxylation is 1. The summed E-state index contributed by atoms with van der Waals surface area (Å²) in [4.78, 5) is 18.2. The quantitative estimate of drug-likeness (QED) is 0.557. The van der Waals surface area contributed by atoms with Gasteiger partial charge in [0.1, 0.15) is 5.82 Å². The molecule has 1 aromatic heterocycles. The van der Waals surface area contributed by atoms with E-state index in [0.29, 0.717) is 34.8 Å². The average Bonchev–Trinajstić information content (AvgIpc) is 2.70. The fraction of sp³-hybridized carbons (Fsp3) is 0.130. The summed E-state index contributed by atoms with van der Waals surface area (Å²) in [6.07, 6.45) is 0. The first-order valence-electron chi connectivity index (χ1n) is 9.11. The summed E-state index contributed by atoms with van der Waals surface area (Å²) in [6.45, 7) is 2.90. The molecule has 0 spiro atoms. The van der Waals surface area contributed by atoms with Crippen molar-refractivity contribution < 1.29 is 0 Å². The van der Waals surface area contributed by atoms with Crippen molar-refractivity contribution >= 4 is 22.5 Å². The van der Waals surface area contributed by atoms with Crippen molar-refractivity contribution in [3.05, 3.63) is 98.8 Å². The third-order valence-electron chi connectivity index (χ3n) is 4.87. The second-order valence-electron chi connectivity index (χ2n) is 6.83. The van der Waals surface area contributed by atoms with Crippen LogP contribution in [0.25, 0.3) is 22.3 Å². The van der Waals surface area contributed by atoms with Gasteiger partial charge in [0, 0.05) is 17.1 Å². The molecule has 0 bridgehead atoms. The van der Waals surface area contributed by atoms with E-state index in [-0.39, 0.29) is 5.56 Å². The summed E-state index contributed by atoms with van der Waals surface area (Å²) in [5.74, 6) is 0.635. The van der Waals surface area contributed by atoms with Crippen LogP contribution in [0.3, 0.4) is 0 Å². The Hall–Kier alpha value is -2.95. The minimum Gasteiger partial charge on any atom is -0.326 e. The maximum atomic E-state index is 13.4. The minimum absolute atomic E-state index is 0.0851. The summed E-state index contributed by atoms with van der Waals surface area (Å²) >= 11 is 6.14. The first-order chi connectivity index (χ1) is 13.6. The molecule has 4 aromatic rings. The van der Waals surface area contributed by atoms with E-state index in [4.69, 9.17) is 22.3 Å². The van der Waals surface area contributed by atoms with E-state index in [1.807, 2.05) is 55.5 Å². The molecule has 1 heterocycles. The SMILES string of the molecule is Cc1ccccc1-c1nc2cc(Cl)ccc2c(=O)n1Cc1cccc(CN)c1. The van der Waals surface area contributed by atoms with Crippen molar-refractivity contribution in [2.75, 3.05) is 0 Å². The first-order valence-corrected chi connectivity index (χ1v) is 9.48. The van der Waals surface area contributed by atoms with E-state index < -0.39 is 0 Å². The van der Waals surface area contributed by atoms with Gasteiger partial charge in [-0.3, -0.25) is 9.36 Å². The van der Waals surface area contributed by atoms with Gasteiger partial charge in [0.05, 0.1) is 17.4 Å². The third kappa shape index (κ3) is 3.44. The van der Waals surface area contributed by atoms with Crippen LogP contribution in [0, 0.1) is 6.92 Å². The zero-order valence-electron chi connectivity index (χ0n) is 15.5. The van der Waals surface area contributed by atoms with E-state index in [1.54, 1.807) is 22.8 Å². The molecule has 0 saturated carbocycles. The topological polar surface area (TPSA) is 60.9 Å². The molecule has 0 aliphatic carbocycles. The van der Waals surface area contributed by atoms with E-state index in [9.17, 15) is 4.79 Å². The Kier molecular flexibility index (Phi) is 4.99. The molecule has 0 amide bonds. The second-order valence-corrected chi connectivity index (χ2v) is 7.26. The second kappa shape index (κ2) is 7.58. The Labute approximate surface area is 168 Å².